The van der Waals surface area contributed by atoms with E-state index in [1.165, 1.54) is 19.3 Å². The van der Waals surface area contributed by atoms with Gasteiger partial charge in [0, 0.05) is 6.54 Å². The van der Waals surface area contributed by atoms with Gasteiger partial charge in [-0.2, -0.15) is 0 Å². The van der Waals surface area contributed by atoms with Crippen molar-refractivity contribution in [3.63, 3.8) is 0 Å². The summed E-state index contributed by atoms with van der Waals surface area (Å²) in [5.74, 6) is 0. The second-order valence-corrected chi connectivity index (χ2v) is 2.06. The molecule has 0 bridgehead atoms. The summed E-state index contributed by atoms with van der Waals surface area (Å²) in [5, 5.41) is 3.13. The van der Waals surface area contributed by atoms with Crippen molar-refractivity contribution >= 4 is 0 Å². The van der Waals surface area contributed by atoms with Gasteiger partial charge in [-0.25, -0.2) is 0 Å². The summed E-state index contributed by atoms with van der Waals surface area (Å²) >= 11 is 0. The first kappa shape index (κ1) is 8.54. The minimum absolute atomic E-state index is 1.08. The fraction of sp³-hybridized carbons (Fsp3) is 0.625. The van der Waals surface area contributed by atoms with Crippen molar-refractivity contribution in [2.45, 2.75) is 26.2 Å². The molecule has 0 aliphatic rings. The van der Waals surface area contributed by atoms with E-state index in [2.05, 4.69) is 19.2 Å². The lowest BCUT2D eigenvalue weighted by atomic mass is 10.2. The lowest BCUT2D eigenvalue weighted by molar-refractivity contribution is 0.683. The fourth-order valence-electron chi connectivity index (χ4n) is 0.644. The Hall–Kier alpha value is -0.460. The Bertz CT molecular complexity index is 67.0. The first-order chi connectivity index (χ1) is 4.41. The summed E-state index contributed by atoms with van der Waals surface area (Å²) in [6, 6.07) is 0. The molecular weight excluding hydrogens is 110 g/mol. The van der Waals surface area contributed by atoms with E-state index < -0.39 is 0 Å². The zero-order valence-electron chi connectivity index (χ0n) is 6.19. The van der Waals surface area contributed by atoms with E-state index in [-0.39, 0.29) is 0 Å². The van der Waals surface area contributed by atoms with Gasteiger partial charge in [0.25, 0.3) is 0 Å². The molecule has 0 spiro atoms. The standard InChI is InChI=1S/C8H16N/c1-3-5-6-8-9-7-4-2/h4,7,9H,2-3,5-6,8H2,1H3/b7-4+. The van der Waals surface area contributed by atoms with E-state index in [9.17, 15) is 0 Å². The zero-order valence-corrected chi connectivity index (χ0v) is 6.19. The highest BCUT2D eigenvalue weighted by molar-refractivity contribution is 4.80. The predicted molar refractivity (Wildman–Crippen MR) is 42.0 cm³/mol. The number of hydrogen-bond acceptors (Lipinski definition) is 1. The molecule has 0 aromatic heterocycles. The molecule has 0 aliphatic heterocycles. The number of unbranched alkanes of at least 4 members (excludes halogenated alkanes) is 2. The molecule has 0 aliphatic carbocycles. The minimum atomic E-state index is 1.08. The van der Waals surface area contributed by atoms with Gasteiger partial charge in [-0.3, -0.25) is 0 Å². The number of allylic oxidation sites excluding steroid dienone is 1. The van der Waals surface area contributed by atoms with Crippen molar-refractivity contribution < 1.29 is 0 Å². The van der Waals surface area contributed by atoms with Gasteiger partial charge in [-0.15, -0.1) is 0 Å². The van der Waals surface area contributed by atoms with Crippen molar-refractivity contribution in [2.24, 2.45) is 0 Å². The van der Waals surface area contributed by atoms with Crippen LogP contribution in [0.4, 0.5) is 0 Å². The van der Waals surface area contributed by atoms with Crippen LogP contribution < -0.4 is 5.32 Å². The van der Waals surface area contributed by atoms with Crippen LogP contribution in [0.1, 0.15) is 26.2 Å². The second-order valence-electron chi connectivity index (χ2n) is 2.06. The molecule has 0 unspecified atom stereocenters. The molecule has 0 saturated carbocycles. The van der Waals surface area contributed by atoms with E-state index in [1.54, 1.807) is 6.08 Å². The summed E-state index contributed by atoms with van der Waals surface area (Å²) in [5.41, 5.74) is 0. The smallest absolute Gasteiger partial charge is 0.0141 e. The molecule has 0 aromatic rings. The molecular formula is C8H16N. The van der Waals surface area contributed by atoms with E-state index in [0.717, 1.165) is 6.54 Å². The maximum absolute atomic E-state index is 3.56. The minimum Gasteiger partial charge on any atom is -0.391 e. The van der Waals surface area contributed by atoms with E-state index in [0.29, 0.717) is 0 Å². The van der Waals surface area contributed by atoms with Crippen LogP contribution in [0.5, 0.6) is 0 Å². The first-order valence-electron chi connectivity index (χ1n) is 3.59. The highest BCUT2D eigenvalue weighted by Gasteiger charge is 1.80. The lowest BCUT2D eigenvalue weighted by Gasteiger charge is -1.96. The molecule has 0 atom stereocenters. The molecule has 1 heteroatoms. The van der Waals surface area contributed by atoms with Crippen LogP contribution in [0.25, 0.3) is 0 Å². The largest absolute Gasteiger partial charge is 0.391 e. The van der Waals surface area contributed by atoms with Crippen molar-refractivity contribution in [1.82, 2.24) is 5.32 Å². The second kappa shape index (κ2) is 7.54. The quantitative estimate of drug-likeness (QED) is 0.556. The topological polar surface area (TPSA) is 12.0 Å². The SMILES string of the molecule is [CH2]/C=C/NCCCCC. The van der Waals surface area contributed by atoms with Crippen molar-refractivity contribution in [2.75, 3.05) is 6.54 Å². The molecule has 0 heterocycles. The number of hydrogen-bond donors (Lipinski definition) is 1. The molecule has 0 fully saturated rings. The van der Waals surface area contributed by atoms with E-state index in [4.69, 9.17) is 0 Å². The molecule has 1 nitrogen and oxygen atoms in total. The highest BCUT2D eigenvalue weighted by Crippen LogP contribution is 1.90. The van der Waals surface area contributed by atoms with Gasteiger partial charge in [0.2, 0.25) is 0 Å². The van der Waals surface area contributed by atoms with Crippen LogP contribution in [0.2, 0.25) is 0 Å². The van der Waals surface area contributed by atoms with Gasteiger partial charge in [-0.05, 0) is 19.5 Å². The molecule has 1 N–H and O–H groups in total. The van der Waals surface area contributed by atoms with Crippen LogP contribution in [-0.4, -0.2) is 6.54 Å². The van der Waals surface area contributed by atoms with Gasteiger partial charge < -0.3 is 5.32 Å². The van der Waals surface area contributed by atoms with Gasteiger partial charge in [0.1, 0.15) is 0 Å². The summed E-state index contributed by atoms with van der Waals surface area (Å²) in [7, 11) is 0. The van der Waals surface area contributed by atoms with Crippen molar-refractivity contribution in [3.05, 3.63) is 19.2 Å². The Morgan fingerprint density at radius 3 is 2.78 bits per heavy atom. The molecule has 0 amide bonds. The Balaban J connectivity index is 2.75. The molecule has 0 rings (SSSR count). The Kier molecular flexibility index (Phi) is 7.15. The van der Waals surface area contributed by atoms with Gasteiger partial charge in [0.05, 0.1) is 0 Å². The van der Waals surface area contributed by atoms with Crippen LogP contribution in [0.15, 0.2) is 12.3 Å². The first-order valence-corrected chi connectivity index (χ1v) is 3.59. The third-order valence-electron chi connectivity index (χ3n) is 1.16. The van der Waals surface area contributed by atoms with Crippen molar-refractivity contribution in [3.8, 4) is 0 Å². The van der Waals surface area contributed by atoms with Crippen LogP contribution in [0.3, 0.4) is 0 Å². The third kappa shape index (κ3) is 7.54. The monoisotopic (exact) mass is 126 g/mol. The van der Waals surface area contributed by atoms with Gasteiger partial charge >= 0.3 is 0 Å². The van der Waals surface area contributed by atoms with E-state index in [1.807, 2.05) is 6.20 Å². The molecule has 9 heavy (non-hydrogen) atoms. The van der Waals surface area contributed by atoms with Crippen LogP contribution >= 0.6 is 0 Å². The third-order valence-corrected chi connectivity index (χ3v) is 1.16. The normalized spacial score (nSPS) is 10.4. The highest BCUT2D eigenvalue weighted by atomic mass is 14.8. The summed E-state index contributed by atoms with van der Waals surface area (Å²) in [6.07, 6.45) is 7.52. The zero-order chi connectivity index (χ0) is 6.95. The maximum atomic E-state index is 3.56. The number of nitrogens with one attached hydrogen (secondary N) is 1. The van der Waals surface area contributed by atoms with Crippen molar-refractivity contribution in [1.29, 1.82) is 0 Å². The molecule has 53 valence electrons. The van der Waals surface area contributed by atoms with Gasteiger partial charge in [-0.1, -0.05) is 25.8 Å². The Morgan fingerprint density at radius 1 is 1.44 bits per heavy atom. The Labute approximate surface area is 58.2 Å². The summed E-state index contributed by atoms with van der Waals surface area (Å²) in [4.78, 5) is 0. The fourth-order valence-corrected chi connectivity index (χ4v) is 0.644. The summed E-state index contributed by atoms with van der Waals surface area (Å²) in [6.45, 7) is 6.85. The predicted octanol–water partition coefficient (Wildman–Crippen LogP) is 2.11. The number of rotatable bonds is 5. The van der Waals surface area contributed by atoms with E-state index >= 15 is 0 Å². The van der Waals surface area contributed by atoms with Crippen LogP contribution in [0, 0.1) is 6.92 Å². The molecule has 1 radical (unpaired) electrons. The maximum Gasteiger partial charge on any atom is 0.0141 e. The average Bonchev–Trinajstić information content (AvgIpc) is 1.89. The lowest BCUT2D eigenvalue weighted by Crippen LogP contribution is -2.05. The Morgan fingerprint density at radius 2 is 2.22 bits per heavy atom. The van der Waals surface area contributed by atoms with Gasteiger partial charge in [0.15, 0.2) is 0 Å². The summed E-state index contributed by atoms with van der Waals surface area (Å²) < 4.78 is 0. The molecule has 0 saturated heterocycles. The van der Waals surface area contributed by atoms with Crippen LogP contribution in [-0.2, 0) is 0 Å². The molecule has 0 aromatic carbocycles. The average molecular weight is 126 g/mol.